The van der Waals surface area contributed by atoms with Gasteiger partial charge in [-0.15, -0.1) is 0 Å². The highest BCUT2D eigenvalue weighted by molar-refractivity contribution is 4.64. The van der Waals surface area contributed by atoms with Gasteiger partial charge in [0, 0.05) is 11.8 Å². The fourth-order valence-corrected chi connectivity index (χ4v) is 1.12. The minimum Gasteiger partial charge on any atom is -0.381 e. The van der Waals surface area contributed by atoms with Crippen molar-refractivity contribution in [2.24, 2.45) is 11.8 Å². The predicted octanol–water partition coefficient (Wildman–Crippen LogP) is 1.69. The Morgan fingerprint density at radius 1 is 1.00 bits per heavy atom. The highest BCUT2D eigenvalue weighted by Crippen LogP contribution is 2.13. The first-order valence-electron chi connectivity index (χ1n) is 4.39. The zero-order valence-corrected chi connectivity index (χ0v) is 7.67. The van der Waals surface area contributed by atoms with Gasteiger partial charge in [-0.25, -0.2) is 0 Å². The number of hydrogen-bond donors (Lipinski definition) is 0. The maximum Gasteiger partial charge on any atom is 0.0594 e. The molecule has 1 saturated heterocycles. The molecular formula is C9H18O2. The fraction of sp³-hybridized carbons (Fsp3) is 1.00. The second-order valence-corrected chi connectivity index (χ2v) is 3.66. The molecule has 0 aromatic heterocycles. The maximum absolute atomic E-state index is 5.63. The van der Waals surface area contributed by atoms with Gasteiger partial charge in [-0.2, -0.15) is 0 Å². The average Bonchev–Trinajstić information content (AvgIpc) is 1.98. The van der Waals surface area contributed by atoms with Crippen molar-refractivity contribution >= 4 is 0 Å². The molecule has 0 spiro atoms. The van der Waals surface area contributed by atoms with Crippen LogP contribution in [0, 0.1) is 11.8 Å². The van der Waals surface area contributed by atoms with E-state index in [4.69, 9.17) is 9.47 Å². The molecule has 0 amide bonds. The van der Waals surface area contributed by atoms with Gasteiger partial charge in [0.05, 0.1) is 25.9 Å². The Balaban J connectivity index is 2.34. The summed E-state index contributed by atoms with van der Waals surface area (Å²) in [6, 6.07) is 0. The summed E-state index contributed by atoms with van der Waals surface area (Å²) in [5.74, 6) is 1.08. The Hall–Kier alpha value is -0.0800. The van der Waals surface area contributed by atoms with Gasteiger partial charge in [0.25, 0.3) is 0 Å². The van der Waals surface area contributed by atoms with Crippen LogP contribution in [0.25, 0.3) is 0 Å². The summed E-state index contributed by atoms with van der Waals surface area (Å²) in [6.07, 6.45) is 0.345. The summed E-state index contributed by atoms with van der Waals surface area (Å²) in [5, 5.41) is 0. The van der Waals surface area contributed by atoms with Crippen LogP contribution in [-0.4, -0.2) is 25.9 Å². The fourth-order valence-electron chi connectivity index (χ4n) is 1.12. The van der Waals surface area contributed by atoms with Gasteiger partial charge in [0.2, 0.25) is 0 Å². The molecule has 1 aliphatic rings. The van der Waals surface area contributed by atoms with E-state index in [1.807, 2.05) is 0 Å². The zero-order valence-electron chi connectivity index (χ0n) is 7.67. The maximum atomic E-state index is 5.63. The molecule has 0 bridgehead atoms. The van der Waals surface area contributed by atoms with Crippen molar-refractivity contribution in [3.8, 4) is 0 Å². The molecule has 0 aliphatic carbocycles. The quantitative estimate of drug-likeness (QED) is 0.534. The van der Waals surface area contributed by atoms with Crippen molar-refractivity contribution < 1.29 is 9.47 Å². The highest BCUT2D eigenvalue weighted by atomic mass is 16.5. The second-order valence-electron chi connectivity index (χ2n) is 3.66. The summed E-state index contributed by atoms with van der Waals surface area (Å²) in [7, 11) is 0. The van der Waals surface area contributed by atoms with Crippen molar-refractivity contribution in [2.45, 2.75) is 26.9 Å². The van der Waals surface area contributed by atoms with Crippen molar-refractivity contribution in [3.63, 3.8) is 0 Å². The van der Waals surface area contributed by atoms with Gasteiger partial charge in [-0.3, -0.25) is 0 Å². The van der Waals surface area contributed by atoms with Crippen LogP contribution in [0.1, 0.15) is 20.8 Å². The molecule has 1 aliphatic heterocycles. The van der Waals surface area contributed by atoms with Crippen LogP contribution in [0.5, 0.6) is 0 Å². The molecule has 3 unspecified atom stereocenters. The minimum absolute atomic E-state index is 0.345. The molecule has 66 valence electrons. The normalized spacial score (nSPS) is 41.2. The molecular weight excluding hydrogens is 140 g/mol. The SMILES string of the molecule is CC1COCC(C)C(C)OC1. The van der Waals surface area contributed by atoms with Crippen LogP contribution in [0.2, 0.25) is 0 Å². The second kappa shape index (κ2) is 4.07. The summed E-state index contributed by atoms with van der Waals surface area (Å²) >= 11 is 0. The Labute approximate surface area is 68.9 Å². The van der Waals surface area contributed by atoms with E-state index in [0.29, 0.717) is 17.9 Å². The Morgan fingerprint density at radius 2 is 1.73 bits per heavy atom. The van der Waals surface area contributed by atoms with E-state index in [9.17, 15) is 0 Å². The van der Waals surface area contributed by atoms with E-state index < -0.39 is 0 Å². The molecule has 2 heteroatoms. The minimum atomic E-state index is 0.345. The van der Waals surface area contributed by atoms with Gasteiger partial charge >= 0.3 is 0 Å². The summed E-state index contributed by atoms with van der Waals surface area (Å²) in [5.41, 5.74) is 0. The van der Waals surface area contributed by atoms with Crippen LogP contribution in [0.4, 0.5) is 0 Å². The Kier molecular flexibility index (Phi) is 3.34. The average molecular weight is 158 g/mol. The first-order valence-corrected chi connectivity index (χ1v) is 4.39. The lowest BCUT2D eigenvalue weighted by Gasteiger charge is -2.26. The van der Waals surface area contributed by atoms with E-state index in [1.165, 1.54) is 0 Å². The van der Waals surface area contributed by atoms with Crippen molar-refractivity contribution in [2.75, 3.05) is 19.8 Å². The molecule has 0 aromatic rings. The van der Waals surface area contributed by atoms with Crippen LogP contribution in [-0.2, 0) is 9.47 Å². The number of rotatable bonds is 0. The van der Waals surface area contributed by atoms with Crippen molar-refractivity contribution in [1.82, 2.24) is 0 Å². The summed E-state index contributed by atoms with van der Waals surface area (Å²) in [6.45, 7) is 8.96. The summed E-state index contributed by atoms with van der Waals surface area (Å²) < 4.78 is 11.1. The molecule has 0 saturated carbocycles. The van der Waals surface area contributed by atoms with Crippen molar-refractivity contribution in [3.05, 3.63) is 0 Å². The van der Waals surface area contributed by atoms with Gasteiger partial charge in [0.15, 0.2) is 0 Å². The lowest BCUT2D eigenvalue weighted by molar-refractivity contribution is -0.0627. The van der Waals surface area contributed by atoms with Gasteiger partial charge < -0.3 is 9.47 Å². The van der Waals surface area contributed by atoms with Crippen LogP contribution in [0.15, 0.2) is 0 Å². The molecule has 1 fully saturated rings. The molecule has 0 radical (unpaired) electrons. The van der Waals surface area contributed by atoms with E-state index in [2.05, 4.69) is 20.8 Å². The summed E-state index contributed by atoms with van der Waals surface area (Å²) in [4.78, 5) is 0. The van der Waals surface area contributed by atoms with E-state index in [1.54, 1.807) is 0 Å². The van der Waals surface area contributed by atoms with E-state index >= 15 is 0 Å². The lowest BCUT2D eigenvalue weighted by Crippen LogP contribution is -2.29. The Bertz CT molecular complexity index is 114. The molecule has 0 N–H and O–H groups in total. The van der Waals surface area contributed by atoms with Gasteiger partial charge in [-0.05, 0) is 6.92 Å². The zero-order chi connectivity index (χ0) is 8.27. The lowest BCUT2D eigenvalue weighted by atomic mass is 10.1. The molecule has 3 atom stereocenters. The van der Waals surface area contributed by atoms with E-state index in [0.717, 1.165) is 19.8 Å². The largest absolute Gasteiger partial charge is 0.381 e. The van der Waals surface area contributed by atoms with Crippen LogP contribution >= 0.6 is 0 Å². The van der Waals surface area contributed by atoms with Crippen molar-refractivity contribution in [1.29, 1.82) is 0 Å². The van der Waals surface area contributed by atoms with Gasteiger partial charge in [0.1, 0.15) is 0 Å². The molecule has 1 heterocycles. The third-order valence-corrected chi connectivity index (χ3v) is 2.23. The molecule has 0 aromatic carbocycles. The number of ether oxygens (including phenoxy) is 2. The predicted molar refractivity (Wildman–Crippen MR) is 44.6 cm³/mol. The third kappa shape index (κ3) is 2.80. The van der Waals surface area contributed by atoms with Crippen LogP contribution in [0.3, 0.4) is 0 Å². The Morgan fingerprint density at radius 3 is 2.45 bits per heavy atom. The highest BCUT2D eigenvalue weighted by Gasteiger charge is 2.17. The first kappa shape index (κ1) is 9.01. The molecule has 1 rings (SSSR count). The standard InChI is InChI=1S/C9H18O2/c1-7-4-10-6-8(2)9(3)11-5-7/h7-9H,4-6H2,1-3H3. The van der Waals surface area contributed by atoms with E-state index in [-0.39, 0.29) is 0 Å². The first-order chi connectivity index (χ1) is 5.20. The monoisotopic (exact) mass is 158 g/mol. The van der Waals surface area contributed by atoms with Gasteiger partial charge in [-0.1, -0.05) is 13.8 Å². The third-order valence-electron chi connectivity index (χ3n) is 2.23. The number of hydrogen-bond acceptors (Lipinski definition) is 2. The topological polar surface area (TPSA) is 18.5 Å². The van der Waals surface area contributed by atoms with Crippen LogP contribution < -0.4 is 0 Å². The molecule has 2 nitrogen and oxygen atoms in total. The smallest absolute Gasteiger partial charge is 0.0594 e. The molecule has 11 heavy (non-hydrogen) atoms.